The molecule has 1 aliphatic carbocycles. The average Bonchev–Trinajstić information content (AvgIpc) is 3.37. The molecule has 0 amide bonds. The Morgan fingerprint density at radius 2 is 1.45 bits per heavy atom. The van der Waals surface area contributed by atoms with Gasteiger partial charge in [-0.05, 0) is 40.9 Å². The van der Waals surface area contributed by atoms with E-state index in [-0.39, 0.29) is 32.2 Å². The SMILES string of the molecule is O=C(CCC(C[P+](=O)OCC1CCCC1)C(=O)OCc1ccccc1)OCc1ccccc1. The van der Waals surface area contributed by atoms with Crippen molar-refractivity contribution in [2.45, 2.75) is 51.7 Å². The van der Waals surface area contributed by atoms with Gasteiger partial charge in [0.25, 0.3) is 0 Å². The van der Waals surface area contributed by atoms with Gasteiger partial charge in [-0.1, -0.05) is 73.5 Å². The van der Waals surface area contributed by atoms with E-state index in [2.05, 4.69) is 0 Å². The van der Waals surface area contributed by atoms with Gasteiger partial charge < -0.3 is 9.47 Å². The molecule has 7 heteroatoms. The highest BCUT2D eigenvalue weighted by Gasteiger charge is 2.33. The molecule has 6 nitrogen and oxygen atoms in total. The lowest BCUT2D eigenvalue weighted by molar-refractivity contribution is -0.150. The molecule has 176 valence electrons. The topological polar surface area (TPSA) is 78.9 Å². The van der Waals surface area contributed by atoms with Crippen LogP contribution in [0.15, 0.2) is 60.7 Å². The minimum atomic E-state index is -2.01. The van der Waals surface area contributed by atoms with Crippen LogP contribution in [0.25, 0.3) is 0 Å². The van der Waals surface area contributed by atoms with Crippen LogP contribution in [-0.4, -0.2) is 24.7 Å². The van der Waals surface area contributed by atoms with E-state index in [1.807, 2.05) is 60.7 Å². The summed E-state index contributed by atoms with van der Waals surface area (Å²) in [4.78, 5) is 25.0. The lowest BCUT2D eigenvalue weighted by Gasteiger charge is -2.12. The van der Waals surface area contributed by atoms with Crippen molar-refractivity contribution in [3.8, 4) is 0 Å². The van der Waals surface area contributed by atoms with Crippen LogP contribution in [0, 0.1) is 11.8 Å². The summed E-state index contributed by atoms with van der Waals surface area (Å²) in [5.41, 5.74) is 1.77. The number of hydrogen-bond donors (Lipinski definition) is 0. The van der Waals surface area contributed by atoms with Crippen LogP contribution in [0.5, 0.6) is 0 Å². The number of ether oxygens (including phenoxy) is 2. The summed E-state index contributed by atoms with van der Waals surface area (Å²) >= 11 is 0. The van der Waals surface area contributed by atoms with Gasteiger partial charge in [0.1, 0.15) is 25.7 Å². The summed E-state index contributed by atoms with van der Waals surface area (Å²) in [6, 6.07) is 18.8. The molecule has 0 radical (unpaired) electrons. The third-order valence-corrected chi connectivity index (χ3v) is 6.97. The number of carbonyl (C=O) groups excluding carboxylic acids is 2. The molecule has 0 bridgehead atoms. The first-order valence-corrected chi connectivity index (χ1v) is 12.9. The van der Waals surface area contributed by atoms with Crippen molar-refractivity contribution in [2.75, 3.05) is 12.8 Å². The smallest absolute Gasteiger partial charge is 0.461 e. The number of hydrogen-bond acceptors (Lipinski definition) is 6. The molecule has 1 aliphatic rings. The first-order chi connectivity index (χ1) is 16.1. The highest BCUT2D eigenvalue weighted by atomic mass is 31.1. The van der Waals surface area contributed by atoms with Crippen LogP contribution in [-0.2, 0) is 41.4 Å². The molecule has 0 spiro atoms. The second-order valence-electron chi connectivity index (χ2n) is 8.44. The standard InChI is InChI=1S/C26H32O6P/c27-25(30-17-21-9-3-1-4-10-21)16-15-24(20-33(29)32-19-23-13-7-8-14-23)26(28)31-18-22-11-5-2-6-12-22/h1-6,9-12,23-24H,7-8,13-20H2/q+1. The van der Waals surface area contributed by atoms with Crippen molar-refractivity contribution in [1.82, 2.24) is 0 Å². The molecule has 3 rings (SSSR count). The third-order valence-electron chi connectivity index (χ3n) is 5.80. The van der Waals surface area contributed by atoms with Crippen molar-refractivity contribution in [3.63, 3.8) is 0 Å². The van der Waals surface area contributed by atoms with Gasteiger partial charge >= 0.3 is 20.0 Å². The lowest BCUT2D eigenvalue weighted by Crippen LogP contribution is -2.22. The molecule has 2 aromatic rings. The van der Waals surface area contributed by atoms with E-state index in [0.29, 0.717) is 12.5 Å². The number of carbonyl (C=O) groups is 2. The Bertz CT molecular complexity index is 880. The second-order valence-corrected chi connectivity index (χ2v) is 9.73. The van der Waals surface area contributed by atoms with Crippen LogP contribution >= 0.6 is 8.03 Å². The Balaban J connectivity index is 1.49. The van der Waals surface area contributed by atoms with Crippen LogP contribution in [0.3, 0.4) is 0 Å². The Kier molecular flexibility index (Phi) is 10.5. The van der Waals surface area contributed by atoms with Crippen molar-refractivity contribution in [3.05, 3.63) is 71.8 Å². The van der Waals surface area contributed by atoms with Gasteiger partial charge in [-0.15, -0.1) is 4.52 Å². The minimum absolute atomic E-state index is 0.0433. The highest BCUT2D eigenvalue weighted by molar-refractivity contribution is 7.39. The van der Waals surface area contributed by atoms with Gasteiger partial charge in [0, 0.05) is 6.42 Å². The molecular weight excluding hydrogens is 439 g/mol. The molecule has 0 saturated heterocycles. The summed E-state index contributed by atoms with van der Waals surface area (Å²) in [5.74, 6) is -1.12. The maximum atomic E-state index is 12.7. The van der Waals surface area contributed by atoms with Crippen LogP contribution in [0.4, 0.5) is 0 Å². The van der Waals surface area contributed by atoms with Gasteiger partial charge in [-0.3, -0.25) is 9.59 Å². The molecule has 1 fully saturated rings. The van der Waals surface area contributed by atoms with E-state index in [9.17, 15) is 14.2 Å². The zero-order valence-corrected chi connectivity index (χ0v) is 19.8. The molecule has 0 aliphatic heterocycles. The number of benzene rings is 2. The Morgan fingerprint density at radius 3 is 2.06 bits per heavy atom. The zero-order valence-electron chi connectivity index (χ0n) is 18.9. The van der Waals surface area contributed by atoms with E-state index < -0.39 is 25.9 Å². The number of rotatable bonds is 13. The normalized spacial score (nSPS) is 15.1. The molecule has 33 heavy (non-hydrogen) atoms. The summed E-state index contributed by atoms with van der Waals surface area (Å²) in [5, 5.41) is 0. The molecule has 0 heterocycles. The number of esters is 2. The predicted molar refractivity (Wildman–Crippen MR) is 126 cm³/mol. The van der Waals surface area contributed by atoms with Gasteiger partial charge in [0.2, 0.25) is 0 Å². The maximum absolute atomic E-state index is 12.7. The predicted octanol–water partition coefficient (Wildman–Crippen LogP) is 5.82. The van der Waals surface area contributed by atoms with Crippen LogP contribution in [0.2, 0.25) is 0 Å². The quantitative estimate of drug-likeness (QED) is 0.271. The molecule has 0 aromatic heterocycles. The largest absolute Gasteiger partial charge is 0.508 e. The van der Waals surface area contributed by atoms with Crippen molar-refractivity contribution in [1.29, 1.82) is 0 Å². The fraction of sp³-hybridized carbons (Fsp3) is 0.462. The van der Waals surface area contributed by atoms with E-state index in [4.69, 9.17) is 14.0 Å². The molecule has 0 N–H and O–H groups in total. The van der Waals surface area contributed by atoms with E-state index >= 15 is 0 Å². The van der Waals surface area contributed by atoms with Crippen LogP contribution in [0.1, 0.15) is 49.7 Å². The maximum Gasteiger partial charge on any atom is 0.508 e. The molecular formula is C26H32O6P+. The fourth-order valence-corrected chi connectivity index (χ4v) is 5.00. The van der Waals surface area contributed by atoms with Crippen molar-refractivity contribution < 1.29 is 28.2 Å². The van der Waals surface area contributed by atoms with Gasteiger partial charge in [0.15, 0.2) is 6.16 Å². The summed E-state index contributed by atoms with van der Waals surface area (Å²) in [6.45, 7) is 0.774. The van der Waals surface area contributed by atoms with E-state index in [1.165, 1.54) is 12.8 Å². The summed E-state index contributed by atoms with van der Waals surface area (Å²) in [6.07, 6.45) is 4.85. The average molecular weight is 472 g/mol. The van der Waals surface area contributed by atoms with Crippen molar-refractivity contribution in [2.24, 2.45) is 11.8 Å². The molecule has 2 unspecified atom stereocenters. The van der Waals surface area contributed by atoms with E-state index in [1.54, 1.807) is 0 Å². The highest BCUT2D eigenvalue weighted by Crippen LogP contribution is 2.33. The minimum Gasteiger partial charge on any atom is -0.461 e. The van der Waals surface area contributed by atoms with Crippen molar-refractivity contribution >= 4 is 20.0 Å². The van der Waals surface area contributed by atoms with Crippen LogP contribution < -0.4 is 0 Å². The summed E-state index contributed by atoms with van der Waals surface area (Å²) < 4.78 is 28.9. The Morgan fingerprint density at radius 1 is 0.879 bits per heavy atom. The zero-order chi connectivity index (χ0) is 23.3. The third kappa shape index (κ3) is 9.45. The molecule has 2 aromatic carbocycles. The monoisotopic (exact) mass is 471 g/mol. The van der Waals surface area contributed by atoms with E-state index in [0.717, 1.165) is 24.0 Å². The van der Waals surface area contributed by atoms with Gasteiger partial charge in [-0.25, -0.2) is 0 Å². The Hall–Kier alpha value is -2.56. The second kappa shape index (κ2) is 13.9. The fourth-order valence-electron chi connectivity index (χ4n) is 3.83. The first kappa shape index (κ1) is 25.1. The molecule has 1 saturated carbocycles. The van der Waals surface area contributed by atoms with Gasteiger partial charge in [-0.2, -0.15) is 0 Å². The van der Waals surface area contributed by atoms with Gasteiger partial charge in [0.05, 0.1) is 0 Å². The summed E-state index contributed by atoms with van der Waals surface area (Å²) in [7, 11) is -2.01. The lowest BCUT2D eigenvalue weighted by atomic mass is 10.1. The first-order valence-electron chi connectivity index (χ1n) is 11.6. The Labute approximate surface area is 196 Å². The molecule has 2 atom stereocenters.